The molecule has 0 radical (unpaired) electrons. The van der Waals surface area contributed by atoms with Crippen molar-refractivity contribution in [1.82, 2.24) is 0 Å². The molecule has 5 nitrogen and oxygen atoms in total. The molecule has 0 saturated heterocycles. The lowest BCUT2D eigenvalue weighted by Crippen LogP contribution is -2.12. The molecule has 7 heteroatoms. The Morgan fingerprint density at radius 2 is 2.11 bits per heavy atom. The van der Waals surface area contributed by atoms with Crippen molar-refractivity contribution in [2.24, 2.45) is 5.14 Å². The van der Waals surface area contributed by atoms with E-state index in [0.717, 1.165) is 6.07 Å². The fourth-order valence-electron chi connectivity index (χ4n) is 1.26. The summed E-state index contributed by atoms with van der Waals surface area (Å²) < 4.78 is 40.5. The molecule has 0 aromatic heterocycles. The zero-order valence-electron chi connectivity index (χ0n) is 9.60. The van der Waals surface area contributed by atoms with Crippen LogP contribution in [0.5, 0.6) is 5.75 Å². The van der Waals surface area contributed by atoms with Gasteiger partial charge in [-0.1, -0.05) is 0 Å². The molecule has 1 aromatic rings. The van der Waals surface area contributed by atoms with E-state index in [1.54, 1.807) is 0 Å². The van der Waals surface area contributed by atoms with Gasteiger partial charge in [0.15, 0.2) is 11.6 Å². The van der Waals surface area contributed by atoms with Crippen molar-refractivity contribution in [1.29, 1.82) is 5.26 Å². The van der Waals surface area contributed by atoms with Gasteiger partial charge in [0, 0.05) is 6.42 Å². The first-order valence-corrected chi connectivity index (χ1v) is 6.82. The molecule has 0 amide bonds. The first kappa shape index (κ1) is 14.4. The van der Waals surface area contributed by atoms with Gasteiger partial charge in [0.2, 0.25) is 10.0 Å². The smallest absolute Gasteiger partial charge is 0.238 e. The third kappa shape index (κ3) is 4.31. The summed E-state index contributed by atoms with van der Waals surface area (Å²) in [5.74, 6) is -0.804. The maximum Gasteiger partial charge on any atom is 0.238 e. The summed E-state index contributed by atoms with van der Waals surface area (Å²) in [4.78, 5) is -0.295. The topological polar surface area (TPSA) is 93.2 Å². The highest BCUT2D eigenvalue weighted by Gasteiger charge is 2.12. The average molecular weight is 272 g/mol. The lowest BCUT2D eigenvalue weighted by Gasteiger charge is -2.07. The second-order valence-corrected chi connectivity index (χ2v) is 5.16. The summed E-state index contributed by atoms with van der Waals surface area (Å²) in [6.07, 6.45) is 1.73. The summed E-state index contributed by atoms with van der Waals surface area (Å²) >= 11 is 0. The Hall–Kier alpha value is -1.65. The summed E-state index contributed by atoms with van der Waals surface area (Å²) in [6, 6.07) is 5.22. The van der Waals surface area contributed by atoms with Crippen LogP contribution in [0.4, 0.5) is 4.39 Å². The predicted octanol–water partition coefficient (Wildman–Crippen LogP) is 1.55. The Balaban J connectivity index is 2.61. The van der Waals surface area contributed by atoms with Gasteiger partial charge in [0.05, 0.1) is 17.6 Å². The summed E-state index contributed by atoms with van der Waals surface area (Å²) in [6.45, 7) is 0.271. The van der Waals surface area contributed by atoms with Gasteiger partial charge in [-0.05, 0) is 31.0 Å². The second-order valence-electron chi connectivity index (χ2n) is 3.60. The highest BCUT2D eigenvalue weighted by Crippen LogP contribution is 2.20. The molecule has 1 aromatic carbocycles. The molecule has 0 unspecified atom stereocenters. The van der Waals surface area contributed by atoms with E-state index >= 15 is 0 Å². The van der Waals surface area contributed by atoms with Gasteiger partial charge < -0.3 is 4.74 Å². The van der Waals surface area contributed by atoms with Crippen molar-refractivity contribution < 1.29 is 17.5 Å². The van der Waals surface area contributed by atoms with Crippen LogP contribution in [0.15, 0.2) is 23.1 Å². The maximum absolute atomic E-state index is 13.5. The highest BCUT2D eigenvalue weighted by atomic mass is 32.2. The zero-order chi connectivity index (χ0) is 13.6. The SMILES string of the molecule is N#CCCCCOc1ccc(S(N)(=O)=O)cc1F. The monoisotopic (exact) mass is 272 g/mol. The number of sulfonamides is 1. The Labute approximate surface area is 105 Å². The molecule has 0 aliphatic carbocycles. The predicted molar refractivity (Wildman–Crippen MR) is 62.7 cm³/mol. The first-order valence-electron chi connectivity index (χ1n) is 5.27. The van der Waals surface area contributed by atoms with Crippen molar-refractivity contribution >= 4 is 10.0 Å². The number of nitrogens with two attached hydrogens (primary N) is 1. The van der Waals surface area contributed by atoms with Crippen LogP contribution in [-0.4, -0.2) is 15.0 Å². The number of unbranched alkanes of at least 4 members (excludes halogenated alkanes) is 2. The first-order chi connectivity index (χ1) is 8.45. The van der Waals surface area contributed by atoms with Crippen molar-refractivity contribution in [3.8, 4) is 11.8 Å². The van der Waals surface area contributed by atoms with Crippen molar-refractivity contribution in [2.45, 2.75) is 24.2 Å². The van der Waals surface area contributed by atoms with Crippen LogP contribution in [0, 0.1) is 17.1 Å². The Morgan fingerprint density at radius 3 is 2.67 bits per heavy atom. The molecule has 0 saturated carbocycles. The molecule has 0 spiro atoms. The van der Waals surface area contributed by atoms with E-state index in [1.807, 2.05) is 6.07 Å². The van der Waals surface area contributed by atoms with Crippen LogP contribution in [0.1, 0.15) is 19.3 Å². The number of hydrogen-bond acceptors (Lipinski definition) is 4. The van der Waals surface area contributed by atoms with Crippen molar-refractivity contribution in [3.63, 3.8) is 0 Å². The lowest BCUT2D eigenvalue weighted by molar-refractivity contribution is 0.292. The molecular formula is C11H13FN2O3S. The van der Waals surface area contributed by atoms with Crippen LogP contribution in [0.2, 0.25) is 0 Å². The van der Waals surface area contributed by atoms with Gasteiger partial charge in [0.1, 0.15) is 0 Å². The number of nitrogens with zero attached hydrogens (tertiary/aromatic N) is 1. The van der Waals surface area contributed by atoms with Crippen LogP contribution >= 0.6 is 0 Å². The molecule has 0 heterocycles. The van der Waals surface area contributed by atoms with Gasteiger partial charge in [-0.25, -0.2) is 17.9 Å². The van der Waals surface area contributed by atoms with Crippen molar-refractivity contribution in [3.05, 3.63) is 24.0 Å². The molecule has 0 atom stereocenters. The minimum atomic E-state index is -3.91. The van der Waals surface area contributed by atoms with Gasteiger partial charge >= 0.3 is 0 Å². The number of benzene rings is 1. The Bertz CT molecular complexity index is 552. The standard InChI is InChI=1S/C11H13FN2O3S/c12-10-8-9(18(14,15)16)4-5-11(10)17-7-3-1-2-6-13/h4-5,8H,1-3,7H2,(H2,14,15,16). The van der Waals surface area contributed by atoms with Crippen LogP contribution in [0.25, 0.3) is 0 Å². The Morgan fingerprint density at radius 1 is 1.39 bits per heavy atom. The van der Waals surface area contributed by atoms with Gasteiger partial charge in [-0.3, -0.25) is 0 Å². The number of primary sulfonamides is 1. The van der Waals surface area contributed by atoms with E-state index in [1.165, 1.54) is 12.1 Å². The number of halogens is 1. The molecule has 0 aliphatic rings. The molecule has 2 N–H and O–H groups in total. The highest BCUT2D eigenvalue weighted by molar-refractivity contribution is 7.89. The van der Waals surface area contributed by atoms with Gasteiger partial charge in [0.25, 0.3) is 0 Å². The molecule has 18 heavy (non-hydrogen) atoms. The number of hydrogen-bond donors (Lipinski definition) is 1. The second kappa shape index (κ2) is 6.33. The summed E-state index contributed by atoms with van der Waals surface area (Å²) in [5.41, 5.74) is 0. The maximum atomic E-state index is 13.5. The Kier molecular flexibility index (Phi) is 5.07. The van der Waals surface area contributed by atoms with E-state index in [0.29, 0.717) is 19.3 Å². The summed E-state index contributed by atoms with van der Waals surface area (Å²) in [5, 5.41) is 13.2. The number of ether oxygens (including phenoxy) is 1. The lowest BCUT2D eigenvalue weighted by atomic mass is 10.2. The quantitative estimate of drug-likeness (QED) is 0.795. The fourth-order valence-corrected chi connectivity index (χ4v) is 1.79. The van der Waals surface area contributed by atoms with E-state index < -0.39 is 15.8 Å². The third-order valence-corrected chi connectivity index (χ3v) is 3.08. The van der Waals surface area contributed by atoms with E-state index in [4.69, 9.17) is 15.1 Å². The largest absolute Gasteiger partial charge is 0.491 e. The van der Waals surface area contributed by atoms with Crippen LogP contribution in [0.3, 0.4) is 0 Å². The zero-order valence-corrected chi connectivity index (χ0v) is 10.4. The van der Waals surface area contributed by atoms with Gasteiger partial charge in [-0.15, -0.1) is 0 Å². The van der Waals surface area contributed by atoms with E-state index in [2.05, 4.69) is 0 Å². The fraction of sp³-hybridized carbons (Fsp3) is 0.364. The van der Waals surface area contributed by atoms with Gasteiger partial charge in [-0.2, -0.15) is 5.26 Å². The molecule has 0 fully saturated rings. The van der Waals surface area contributed by atoms with E-state index in [-0.39, 0.29) is 17.3 Å². The minimum Gasteiger partial charge on any atom is -0.491 e. The molecule has 0 aliphatic heterocycles. The number of nitriles is 1. The average Bonchev–Trinajstić information content (AvgIpc) is 2.29. The third-order valence-electron chi connectivity index (χ3n) is 2.17. The normalized spacial score (nSPS) is 10.9. The summed E-state index contributed by atoms with van der Waals surface area (Å²) in [7, 11) is -3.91. The molecule has 98 valence electrons. The van der Waals surface area contributed by atoms with E-state index in [9.17, 15) is 12.8 Å². The minimum absolute atomic E-state index is 0.0284. The molecule has 0 bridgehead atoms. The molecule has 1 rings (SSSR count). The number of rotatable bonds is 6. The van der Waals surface area contributed by atoms with Crippen molar-refractivity contribution in [2.75, 3.05) is 6.61 Å². The van der Waals surface area contributed by atoms with Crippen LogP contribution in [-0.2, 0) is 10.0 Å². The van der Waals surface area contributed by atoms with Crippen LogP contribution < -0.4 is 9.88 Å². The molecular weight excluding hydrogens is 259 g/mol.